The third-order valence-electron chi connectivity index (χ3n) is 2.01. The van der Waals surface area contributed by atoms with Gasteiger partial charge in [-0.15, -0.1) is 18.0 Å². The summed E-state index contributed by atoms with van der Waals surface area (Å²) < 4.78 is 10.6. The van der Waals surface area contributed by atoms with Gasteiger partial charge in [-0.05, 0) is 6.42 Å². The number of hydrogen-bond donors (Lipinski definition) is 0. The van der Waals surface area contributed by atoms with Crippen molar-refractivity contribution in [3.05, 3.63) is 0 Å². The molecule has 1 saturated heterocycles. The van der Waals surface area contributed by atoms with Crippen molar-refractivity contribution in [3.63, 3.8) is 0 Å². The number of amides is 1. The molecule has 0 bridgehead atoms. The highest BCUT2D eigenvalue weighted by Gasteiger charge is 2.20. The fourth-order valence-electron chi connectivity index (χ4n) is 1.27. The molecule has 4 nitrogen and oxygen atoms in total. The van der Waals surface area contributed by atoms with Crippen molar-refractivity contribution in [2.24, 2.45) is 0 Å². The number of terminal acetylenes is 1. The Balaban J connectivity index is 2.42. The lowest BCUT2D eigenvalue weighted by atomic mass is 10.4. The van der Waals surface area contributed by atoms with E-state index in [9.17, 15) is 4.79 Å². The van der Waals surface area contributed by atoms with Gasteiger partial charge in [0, 0.05) is 0 Å². The molecule has 0 saturated carbocycles. The lowest BCUT2D eigenvalue weighted by Gasteiger charge is -2.28. The second-order valence-electron chi connectivity index (χ2n) is 3.14. The van der Waals surface area contributed by atoms with Gasteiger partial charge < -0.3 is 14.4 Å². The minimum absolute atomic E-state index is 0.0750. The number of carbonyl (C=O) groups excluding carboxylic acids is 1. The molecule has 0 aromatic rings. The molecular formula is C10H14ClNO3. The van der Waals surface area contributed by atoms with Gasteiger partial charge in [0.1, 0.15) is 5.88 Å². The van der Waals surface area contributed by atoms with Gasteiger partial charge in [0.2, 0.25) is 5.91 Å². The molecule has 0 N–H and O–H groups in total. The van der Waals surface area contributed by atoms with Gasteiger partial charge >= 0.3 is 0 Å². The van der Waals surface area contributed by atoms with Gasteiger partial charge in [0.05, 0.1) is 26.3 Å². The molecular weight excluding hydrogens is 218 g/mol. The lowest BCUT2D eigenvalue weighted by molar-refractivity contribution is -0.187. The van der Waals surface area contributed by atoms with Crippen LogP contribution in [-0.2, 0) is 14.3 Å². The minimum atomic E-state index is -0.376. The Morgan fingerprint density at radius 2 is 2.20 bits per heavy atom. The summed E-state index contributed by atoms with van der Waals surface area (Å²) >= 11 is 5.46. The zero-order chi connectivity index (χ0) is 11.1. The van der Waals surface area contributed by atoms with Gasteiger partial charge in [0.25, 0.3) is 0 Å². The van der Waals surface area contributed by atoms with Gasteiger partial charge in [-0.25, -0.2) is 0 Å². The Hall–Kier alpha value is -0.760. The van der Waals surface area contributed by atoms with E-state index >= 15 is 0 Å². The summed E-state index contributed by atoms with van der Waals surface area (Å²) in [5.74, 6) is 2.13. The molecule has 5 heteroatoms. The molecule has 84 valence electrons. The fraction of sp³-hybridized carbons (Fsp3) is 0.700. The lowest BCUT2D eigenvalue weighted by Crippen LogP contribution is -2.42. The number of rotatable bonds is 4. The molecule has 0 unspecified atom stereocenters. The maximum absolute atomic E-state index is 11.4. The highest BCUT2D eigenvalue weighted by atomic mass is 35.5. The first-order valence-corrected chi connectivity index (χ1v) is 5.31. The molecule has 0 aromatic heterocycles. The first kappa shape index (κ1) is 12.3. The van der Waals surface area contributed by atoms with Crippen molar-refractivity contribution in [2.45, 2.75) is 12.7 Å². The monoisotopic (exact) mass is 231 g/mol. The maximum atomic E-state index is 11.4. The predicted octanol–water partition coefficient (Wildman–Crippen LogP) is 0.450. The topological polar surface area (TPSA) is 38.8 Å². The summed E-state index contributed by atoms with van der Waals surface area (Å²) in [6, 6.07) is 0. The van der Waals surface area contributed by atoms with E-state index in [0.29, 0.717) is 19.8 Å². The molecule has 1 amide bonds. The van der Waals surface area contributed by atoms with E-state index in [1.54, 1.807) is 0 Å². The van der Waals surface area contributed by atoms with Crippen LogP contribution in [-0.4, -0.2) is 49.3 Å². The normalized spacial score (nSPS) is 17.1. The van der Waals surface area contributed by atoms with E-state index in [4.69, 9.17) is 27.5 Å². The summed E-state index contributed by atoms with van der Waals surface area (Å²) in [7, 11) is 0. The van der Waals surface area contributed by atoms with Crippen LogP contribution >= 0.6 is 11.6 Å². The second-order valence-corrected chi connectivity index (χ2v) is 3.40. The maximum Gasteiger partial charge on any atom is 0.238 e. The van der Waals surface area contributed by atoms with Crippen molar-refractivity contribution in [1.29, 1.82) is 0 Å². The summed E-state index contributed by atoms with van der Waals surface area (Å²) in [6.07, 6.45) is 5.67. The molecule has 1 fully saturated rings. The largest absolute Gasteiger partial charge is 0.351 e. The summed E-state index contributed by atoms with van der Waals surface area (Å²) in [6.45, 7) is 1.89. The van der Waals surface area contributed by atoms with Crippen LogP contribution in [0.5, 0.6) is 0 Å². The third kappa shape index (κ3) is 4.08. The predicted molar refractivity (Wildman–Crippen MR) is 56.4 cm³/mol. The Labute approximate surface area is 94.5 Å². The van der Waals surface area contributed by atoms with Crippen molar-refractivity contribution in [3.8, 4) is 12.3 Å². The van der Waals surface area contributed by atoms with Crippen LogP contribution in [0, 0.1) is 12.3 Å². The van der Waals surface area contributed by atoms with Crippen molar-refractivity contribution in [2.75, 3.05) is 32.2 Å². The Morgan fingerprint density at radius 1 is 1.53 bits per heavy atom. The Bertz CT molecular complexity index is 246. The van der Waals surface area contributed by atoms with Gasteiger partial charge in [0.15, 0.2) is 6.29 Å². The van der Waals surface area contributed by atoms with Crippen molar-refractivity contribution < 1.29 is 14.3 Å². The molecule has 1 aliphatic rings. The zero-order valence-corrected chi connectivity index (χ0v) is 9.20. The van der Waals surface area contributed by atoms with Crippen molar-refractivity contribution >= 4 is 17.5 Å². The number of carbonyl (C=O) groups is 1. The zero-order valence-electron chi connectivity index (χ0n) is 8.45. The molecule has 0 spiro atoms. The molecule has 1 heterocycles. The number of ether oxygens (including phenoxy) is 2. The van der Waals surface area contributed by atoms with Crippen LogP contribution < -0.4 is 0 Å². The number of hydrogen-bond acceptors (Lipinski definition) is 3. The van der Waals surface area contributed by atoms with E-state index in [0.717, 1.165) is 6.42 Å². The molecule has 0 aliphatic carbocycles. The van der Waals surface area contributed by atoms with Crippen LogP contribution in [0.3, 0.4) is 0 Å². The summed E-state index contributed by atoms with van der Waals surface area (Å²) in [5.41, 5.74) is 0. The van der Waals surface area contributed by atoms with E-state index in [2.05, 4.69) is 5.92 Å². The van der Waals surface area contributed by atoms with Crippen LogP contribution in [0.15, 0.2) is 0 Å². The Kier molecular flexibility index (Phi) is 5.48. The molecule has 1 aliphatic heterocycles. The average Bonchev–Trinajstić information content (AvgIpc) is 2.29. The summed E-state index contributed by atoms with van der Waals surface area (Å²) in [5, 5.41) is 0. The van der Waals surface area contributed by atoms with E-state index in [-0.39, 0.29) is 24.6 Å². The van der Waals surface area contributed by atoms with Crippen LogP contribution in [0.1, 0.15) is 6.42 Å². The number of alkyl halides is 1. The van der Waals surface area contributed by atoms with Crippen molar-refractivity contribution in [1.82, 2.24) is 4.90 Å². The fourth-order valence-corrected chi connectivity index (χ4v) is 1.44. The molecule has 0 radical (unpaired) electrons. The molecule has 15 heavy (non-hydrogen) atoms. The highest BCUT2D eigenvalue weighted by molar-refractivity contribution is 6.27. The number of nitrogens with zero attached hydrogens (tertiary/aromatic N) is 1. The quantitative estimate of drug-likeness (QED) is 0.521. The number of halogens is 1. The first-order valence-electron chi connectivity index (χ1n) is 4.78. The third-order valence-corrected chi connectivity index (χ3v) is 2.24. The van der Waals surface area contributed by atoms with Gasteiger partial charge in [-0.1, -0.05) is 5.92 Å². The summed E-state index contributed by atoms with van der Waals surface area (Å²) in [4.78, 5) is 12.8. The average molecular weight is 232 g/mol. The van der Waals surface area contributed by atoms with Gasteiger partial charge in [-0.3, -0.25) is 4.79 Å². The van der Waals surface area contributed by atoms with Crippen LogP contribution in [0.2, 0.25) is 0 Å². The van der Waals surface area contributed by atoms with E-state index in [1.165, 1.54) is 4.90 Å². The Morgan fingerprint density at radius 3 is 2.73 bits per heavy atom. The highest BCUT2D eigenvalue weighted by Crippen LogP contribution is 2.07. The molecule has 0 atom stereocenters. The van der Waals surface area contributed by atoms with Gasteiger partial charge in [-0.2, -0.15) is 0 Å². The van der Waals surface area contributed by atoms with E-state index in [1.807, 2.05) is 0 Å². The smallest absolute Gasteiger partial charge is 0.238 e. The first-order chi connectivity index (χ1) is 7.27. The standard InChI is InChI=1S/C10H14ClNO3/c1-2-4-12(9(13)7-11)8-10-14-5-3-6-15-10/h1,10H,3-8H2. The molecule has 0 aromatic carbocycles. The minimum Gasteiger partial charge on any atom is -0.351 e. The SMILES string of the molecule is C#CCN(CC1OCCCO1)C(=O)CCl. The van der Waals surface area contributed by atoms with Crippen LogP contribution in [0.25, 0.3) is 0 Å². The van der Waals surface area contributed by atoms with Crippen LogP contribution in [0.4, 0.5) is 0 Å². The van der Waals surface area contributed by atoms with E-state index < -0.39 is 0 Å². The molecule has 1 rings (SSSR count). The second kappa shape index (κ2) is 6.67.